The van der Waals surface area contributed by atoms with Crippen molar-refractivity contribution in [2.45, 2.75) is 52.7 Å². The van der Waals surface area contributed by atoms with Crippen LogP contribution in [-0.4, -0.2) is 18.7 Å². The van der Waals surface area contributed by atoms with Gasteiger partial charge in [-0.1, -0.05) is 13.0 Å². The topological polar surface area (TPSA) is 38.5 Å². The normalized spacial score (nSPS) is 23.7. The monoisotopic (exact) mass is 262 g/mol. The van der Waals surface area contributed by atoms with Gasteiger partial charge in [0.05, 0.1) is 17.5 Å². The smallest absolute Gasteiger partial charge is 0.144 e. The predicted octanol–water partition coefficient (Wildman–Crippen LogP) is 3.68. The Hall–Kier alpha value is -1.38. The van der Waals surface area contributed by atoms with Crippen LogP contribution in [0.5, 0.6) is 5.75 Å². The van der Waals surface area contributed by atoms with Crippen LogP contribution in [0.1, 0.15) is 40.5 Å². The number of nitrogens with two attached hydrogens (primary N) is 1. The van der Waals surface area contributed by atoms with E-state index in [1.165, 1.54) is 12.8 Å². The molecule has 0 aliphatic carbocycles. The highest BCUT2D eigenvalue weighted by atomic mass is 16.5. The van der Waals surface area contributed by atoms with Crippen molar-refractivity contribution < 1.29 is 4.74 Å². The van der Waals surface area contributed by atoms with E-state index in [0.717, 1.165) is 23.7 Å². The number of nitrogen functional groups attached to an aromatic ring is 1. The Kier molecular flexibility index (Phi) is 4.23. The molecule has 3 heteroatoms. The maximum Gasteiger partial charge on any atom is 0.144 e. The zero-order valence-corrected chi connectivity index (χ0v) is 12.5. The van der Waals surface area contributed by atoms with Crippen LogP contribution in [0.25, 0.3) is 0 Å². The summed E-state index contributed by atoms with van der Waals surface area (Å²) in [5.41, 5.74) is 8.20. The summed E-state index contributed by atoms with van der Waals surface area (Å²) >= 11 is 0. The summed E-state index contributed by atoms with van der Waals surface area (Å²) in [6.07, 6.45) is 2.69. The molecule has 1 aliphatic heterocycles. The molecule has 2 atom stereocenters. The van der Waals surface area contributed by atoms with Crippen LogP contribution in [0.3, 0.4) is 0 Å². The maximum atomic E-state index is 6.30. The molecule has 0 spiro atoms. The molecule has 0 amide bonds. The minimum absolute atomic E-state index is 0.148. The summed E-state index contributed by atoms with van der Waals surface area (Å²) in [6.45, 7) is 9.75. The third-order valence-corrected chi connectivity index (χ3v) is 4.09. The second-order valence-corrected chi connectivity index (χ2v) is 5.91. The predicted molar refractivity (Wildman–Crippen MR) is 81.8 cm³/mol. The van der Waals surface area contributed by atoms with E-state index in [9.17, 15) is 0 Å². The third kappa shape index (κ3) is 2.96. The van der Waals surface area contributed by atoms with Gasteiger partial charge in [-0.05, 0) is 51.7 Å². The Labute approximate surface area is 116 Å². The number of hydrogen-bond acceptors (Lipinski definition) is 3. The molecule has 1 fully saturated rings. The third-order valence-electron chi connectivity index (χ3n) is 4.09. The zero-order valence-electron chi connectivity index (χ0n) is 12.5. The van der Waals surface area contributed by atoms with Crippen molar-refractivity contribution in [2.75, 3.05) is 17.2 Å². The molecule has 2 N–H and O–H groups in total. The Morgan fingerprint density at radius 2 is 2.05 bits per heavy atom. The Morgan fingerprint density at radius 1 is 1.32 bits per heavy atom. The molecule has 1 heterocycles. The van der Waals surface area contributed by atoms with Gasteiger partial charge in [-0.25, -0.2) is 0 Å². The first-order valence-electron chi connectivity index (χ1n) is 7.32. The number of piperidine rings is 1. The van der Waals surface area contributed by atoms with Crippen molar-refractivity contribution >= 4 is 11.4 Å². The van der Waals surface area contributed by atoms with E-state index < -0.39 is 0 Å². The molecular weight excluding hydrogens is 236 g/mol. The largest absolute Gasteiger partial charge is 0.489 e. The van der Waals surface area contributed by atoms with E-state index in [1.54, 1.807) is 0 Å². The number of hydrogen-bond donors (Lipinski definition) is 1. The van der Waals surface area contributed by atoms with Gasteiger partial charge >= 0.3 is 0 Å². The Balaban J connectivity index is 2.29. The van der Waals surface area contributed by atoms with Gasteiger partial charge in [0.1, 0.15) is 5.75 Å². The number of rotatable bonds is 3. The van der Waals surface area contributed by atoms with Crippen molar-refractivity contribution in [3.8, 4) is 5.75 Å². The van der Waals surface area contributed by atoms with Crippen LogP contribution in [0, 0.1) is 5.92 Å². The summed E-state index contributed by atoms with van der Waals surface area (Å²) in [4.78, 5) is 2.43. The number of ether oxygens (including phenoxy) is 1. The molecule has 1 saturated heterocycles. The SMILES string of the molecule is CC(C)Oc1cccc(N2CCCC(C)C2C)c1N. The molecule has 106 valence electrons. The van der Waals surface area contributed by atoms with Gasteiger partial charge in [-0.15, -0.1) is 0 Å². The molecule has 0 aromatic heterocycles. The molecule has 0 saturated carbocycles. The molecule has 0 bridgehead atoms. The first-order valence-corrected chi connectivity index (χ1v) is 7.32. The molecule has 2 rings (SSSR count). The Morgan fingerprint density at radius 3 is 2.74 bits per heavy atom. The van der Waals surface area contributed by atoms with Gasteiger partial charge in [0, 0.05) is 12.6 Å². The van der Waals surface area contributed by atoms with Crippen molar-refractivity contribution in [3.05, 3.63) is 18.2 Å². The minimum Gasteiger partial charge on any atom is -0.489 e. The van der Waals surface area contributed by atoms with E-state index in [2.05, 4.69) is 24.8 Å². The number of nitrogens with zero attached hydrogens (tertiary/aromatic N) is 1. The first-order chi connectivity index (χ1) is 9.00. The molecule has 19 heavy (non-hydrogen) atoms. The second-order valence-electron chi connectivity index (χ2n) is 5.91. The van der Waals surface area contributed by atoms with Gasteiger partial charge in [0.25, 0.3) is 0 Å². The van der Waals surface area contributed by atoms with Crippen LogP contribution in [-0.2, 0) is 0 Å². The standard InChI is InChI=1S/C16H26N2O/c1-11(2)19-15-9-5-8-14(16(15)17)18-10-6-7-12(3)13(18)4/h5,8-9,11-13H,6-7,10,17H2,1-4H3. The maximum absolute atomic E-state index is 6.30. The van der Waals surface area contributed by atoms with Crippen LogP contribution >= 0.6 is 0 Å². The fourth-order valence-corrected chi connectivity index (χ4v) is 2.82. The summed E-state index contributed by atoms with van der Waals surface area (Å²) in [7, 11) is 0. The Bertz CT molecular complexity index is 431. The van der Waals surface area contributed by atoms with Gasteiger partial charge in [0.2, 0.25) is 0 Å². The van der Waals surface area contributed by atoms with Crippen molar-refractivity contribution in [2.24, 2.45) is 5.92 Å². The fraction of sp³-hybridized carbons (Fsp3) is 0.625. The highest BCUT2D eigenvalue weighted by molar-refractivity contribution is 5.74. The summed E-state index contributed by atoms with van der Waals surface area (Å²) in [5.74, 6) is 1.51. The van der Waals surface area contributed by atoms with E-state index >= 15 is 0 Å². The lowest BCUT2D eigenvalue weighted by molar-refractivity contribution is 0.244. The average Bonchev–Trinajstić information content (AvgIpc) is 2.35. The quantitative estimate of drug-likeness (QED) is 0.844. The molecule has 1 aliphatic rings. The molecule has 0 radical (unpaired) electrons. The van der Waals surface area contributed by atoms with Crippen LogP contribution in [0.15, 0.2) is 18.2 Å². The van der Waals surface area contributed by atoms with Gasteiger partial charge in [-0.2, -0.15) is 0 Å². The summed E-state index contributed by atoms with van der Waals surface area (Å²) in [6, 6.07) is 6.63. The number of para-hydroxylation sites is 1. The van der Waals surface area contributed by atoms with Gasteiger partial charge in [0.15, 0.2) is 0 Å². The molecule has 2 unspecified atom stereocenters. The van der Waals surface area contributed by atoms with E-state index in [0.29, 0.717) is 12.0 Å². The van der Waals surface area contributed by atoms with Crippen LogP contribution < -0.4 is 15.4 Å². The van der Waals surface area contributed by atoms with E-state index in [1.807, 2.05) is 26.0 Å². The van der Waals surface area contributed by atoms with Crippen molar-refractivity contribution in [1.29, 1.82) is 0 Å². The average molecular weight is 262 g/mol. The molecular formula is C16H26N2O. The van der Waals surface area contributed by atoms with Crippen molar-refractivity contribution in [3.63, 3.8) is 0 Å². The van der Waals surface area contributed by atoms with E-state index in [4.69, 9.17) is 10.5 Å². The molecule has 1 aromatic rings. The second kappa shape index (κ2) is 5.72. The summed E-state index contributed by atoms with van der Waals surface area (Å²) < 4.78 is 5.79. The summed E-state index contributed by atoms with van der Waals surface area (Å²) in [5, 5.41) is 0. The van der Waals surface area contributed by atoms with Gasteiger partial charge < -0.3 is 15.4 Å². The lowest BCUT2D eigenvalue weighted by atomic mass is 9.91. The minimum atomic E-state index is 0.148. The van der Waals surface area contributed by atoms with Crippen molar-refractivity contribution in [1.82, 2.24) is 0 Å². The number of anilines is 2. The highest BCUT2D eigenvalue weighted by Crippen LogP contribution is 2.37. The fourth-order valence-electron chi connectivity index (χ4n) is 2.82. The lowest BCUT2D eigenvalue weighted by Crippen LogP contribution is -2.42. The first kappa shape index (κ1) is 14.0. The molecule has 1 aromatic carbocycles. The molecule has 3 nitrogen and oxygen atoms in total. The lowest BCUT2D eigenvalue weighted by Gasteiger charge is -2.40. The van der Waals surface area contributed by atoms with Crippen LogP contribution in [0.2, 0.25) is 0 Å². The van der Waals surface area contributed by atoms with Crippen LogP contribution in [0.4, 0.5) is 11.4 Å². The zero-order chi connectivity index (χ0) is 14.0. The highest BCUT2D eigenvalue weighted by Gasteiger charge is 2.26. The van der Waals surface area contributed by atoms with Gasteiger partial charge in [-0.3, -0.25) is 0 Å². The van der Waals surface area contributed by atoms with E-state index in [-0.39, 0.29) is 6.10 Å². The number of benzene rings is 1.